The number of hydrogen-bond donors (Lipinski definition) is 2. The summed E-state index contributed by atoms with van der Waals surface area (Å²) in [4.78, 5) is 15.8. The Bertz CT molecular complexity index is 955. The minimum absolute atomic E-state index is 0.129. The van der Waals surface area contributed by atoms with Crippen molar-refractivity contribution >= 4 is 22.9 Å². The van der Waals surface area contributed by atoms with Crippen molar-refractivity contribution in [3.05, 3.63) is 65.4 Å². The number of aromatic amines is 1. The zero-order valence-electron chi connectivity index (χ0n) is 14.5. The van der Waals surface area contributed by atoms with Crippen molar-refractivity contribution in [2.45, 2.75) is 13.5 Å². The highest BCUT2D eigenvalue weighted by atomic mass is 16.5. The van der Waals surface area contributed by atoms with E-state index in [1.54, 1.807) is 0 Å². The van der Waals surface area contributed by atoms with Gasteiger partial charge in [0.1, 0.15) is 6.61 Å². The fourth-order valence-electron chi connectivity index (χ4n) is 3.10. The van der Waals surface area contributed by atoms with E-state index in [0.717, 1.165) is 22.2 Å². The van der Waals surface area contributed by atoms with Crippen LogP contribution in [0.3, 0.4) is 0 Å². The maximum Gasteiger partial charge on any atom is 0.251 e. The number of ether oxygens (including phenoxy) is 2. The van der Waals surface area contributed by atoms with Crippen molar-refractivity contribution in [2.75, 3.05) is 13.2 Å². The molecule has 5 nitrogen and oxygen atoms in total. The molecule has 0 fully saturated rings. The standard InChI is InChI=1S/C21H20N2O3/c1-2-25-19-9-5-7-15-10-16(13-26-20(15)19)21(24)22-12-17-11-14-6-3-4-8-18(14)23-17/h3-11,23H,2,12-13H2,1H3,(H,22,24). The summed E-state index contributed by atoms with van der Waals surface area (Å²) in [6.07, 6.45) is 1.86. The summed E-state index contributed by atoms with van der Waals surface area (Å²) in [5.74, 6) is 1.27. The average molecular weight is 348 g/mol. The van der Waals surface area contributed by atoms with Crippen LogP contribution in [0.5, 0.6) is 11.5 Å². The molecule has 4 rings (SSSR count). The largest absolute Gasteiger partial charge is 0.490 e. The van der Waals surface area contributed by atoms with Gasteiger partial charge in [-0.25, -0.2) is 0 Å². The van der Waals surface area contributed by atoms with Crippen molar-refractivity contribution < 1.29 is 14.3 Å². The number of fused-ring (bicyclic) bond motifs is 2. The maximum atomic E-state index is 12.5. The highest BCUT2D eigenvalue weighted by Gasteiger charge is 2.20. The van der Waals surface area contributed by atoms with Gasteiger partial charge in [0.2, 0.25) is 0 Å². The van der Waals surface area contributed by atoms with Crippen LogP contribution in [0.1, 0.15) is 18.2 Å². The van der Waals surface area contributed by atoms with E-state index in [2.05, 4.69) is 10.3 Å². The number of carbonyl (C=O) groups is 1. The topological polar surface area (TPSA) is 63.4 Å². The molecule has 2 aromatic carbocycles. The number of carbonyl (C=O) groups excluding carboxylic acids is 1. The van der Waals surface area contributed by atoms with E-state index in [1.165, 1.54) is 0 Å². The molecule has 1 aromatic heterocycles. The number of benzene rings is 2. The van der Waals surface area contributed by atoms with Gasteiger partial charge in [0, 0.05) is 16.8 Å². The second kappa shape index (κ2) is 6.96. The van der Waals surface area contributed by atoms with Gasteiger partial charge in [0.25, 0.3) is 5.91 Å². The molecular weight excluding hydrogens is 328 g/mol. The van der Waals surface area contributed by atoms with Gasteiger partial charge in [-0.05, 0) is 36.6 Å². The highest BCUT2D eigenvalue weighted by molar-refractivity contribution is 5.99. The first-order valence-electron chi connectivity index (χ1n) is 8.68. The van der Waals surface area contributed by atoms with Crippen LogP contribution in [0, 0.1) is 0 Å². The third kappa shape index (κ3) is 3.16. The monoisotopic (exact) mass is 348 g/mol. The molecule has 0 aliphatic carbocycles. The van der Waals surface area contributed by atoms with Crippen molar-refractivity contribution in [2.24, 2.45) is 0 Å². The molecule has 2 heterocycles. The molecule has 0 radical (unpaired) electrons. The van der Waals surface area contributed by atoms with Gasteiger partial charge in [0.15, 0.2) is 11.5 Å². The van der Waals surface area contributed by atoms with Gasteiger partial charge in [0.05, 0.1) is 18.7 Å². The van der Waals surface area contributed by atoms with Crippen LogP contribution in [0.25, 0.3) is 17.0 Å². The van der Waals surface area contributed by atoms with E-state index in [-0.39, 0.29) is 12.5 Å². The van der Waals surface area contributed by atoms with Crippen LogP contribution >= 0.6 is 0 Å². The van der Waals surface area contributed by atoms with E-state index in [4.69, 9.17) is 9.47 Å². The number of rotatable bonds is 5. The molecule has 0 saturated heterocycles. The summed E-state index contributed by atoms with van der Waals surface area (Å²) < 4.78 is 11.4. The quantitative estimate of drug-likeness (QED) is 0.740. The number of H-pyrrole nitrogens is 1. The minimum atomic E-state index is -0.129. The van der Waals surface area contributed by atoms with Crippen LogP contribution in [0.15, 0.2) is 54.1 Å². The molecule has 132 valence electrons. The third-order valence-corrected chi connectivity index (χ3v) is 4.33. The zero-order chi connectivity index (χ0) is 17.9. The molecule has 1 amide bonds. The van der Waals surface area contributed by atoms with Gasteiger partial charge < -0.3 is 19.8 Å². The maximum absolute atomic E-state index is 12.5. The minimum Gasteiger partial charge on any atom is -0.490 e. The summed E-state index contributed by atoms with van der Waals surface area (Å²) in [5.41, 5.74) is 3.49. The predicted octanol–water partition coefficient (Wildman–Crippen LogP) is 3.66. The van der Waals surface area contributed by atoms with E-state index >= 15 is 0 Å². The number of aromatic nitrogens is 1. The summed E-state index contributed by atoms with van der Waals surface area (Å²) in [6, 6.07) is 15.8. The van der Waals surface area contributed by atoms with E-state index in [0.29, 0.717) is 30.2 Å². The Morgan fingerprint density at radius 3 is 2.96 bits per heavy atom. The fraction of sp³-hybridized carbons (Fsp3) is 0.190. The Balaban J connectivity index is 1.47. The lowest BCUT2D eigenvalue weighted by molar-refractivity contribution is -0.117. The zero-order valence-corrected chi connectivity index (χ0v) is 14.5. The fourth-order valence-corrected chi connectivity index (χ4v) is 3.10. The summed E-state index contributed by atoms with van der Waals surface area (Å²) >= 11 is 0. The Labute approximate surface area is 151 Å². The van der Waals surface area contributed by atoms with Crippen LogP contribution in [0.2, 0.25) is 0 Å². The molecule has 0 unspecified atom stereocenters. The molecule has 0 atom stereocenters. The predicted molar refractivity (Wildman–Crippen MR) is 101 cm³/mol. The lowest BCUT2D eigenvalue weighted by Crippen LogP contribution is -2.28. The van der Waals surface area contributed by atoms with Crippen molar-refractivity contribution in [3.63, 3.8) is 0 Å². The number of para-hydroxylation sites is 2. The molecule has 0 spiro atoms. The third-order valence-electron chi connectivity index (χ3n) is 4.33. The smallest absolute Gasteiger partial charge is 0.251 e. The summed E-state index contributed by atoms with van der Waals surface area (Å²) in [7, 11) is 0. The SMILES string of the molecule is CCOc1cccc2c1OCC(C(=O)NCc1cc3ccccc3[nH]1)=C2. The van der Waals surface area contributed by atoms with E-state index < -0.39 is 0 Å². The Kier molecular flexibility index (Phi) is 4.35. The Hall–Kier alpha value is -3.21. The second-order valence-electron chi connectivity index (χ2n) is 6.13. The van der Waals surface area contributed by atoms with Crippen molar-refractivity contribution in [1.82, 2.24) is 10.3 Å². The number of nitrogens with one attached hydrogen (secondary N) is 2. The van der Waals surface area contributed by atoms with Crippen LogP contribution in [0.4, 0.5) is 0 Å². The van der Waals surface area contributed by atoms with Crippen molar-refractivity contribution in [1.29, 1.82) is 0 Å². The first-order chi connectivity index (χ1) is 12.7. The normalized spacial score (nSPS) is 12.9. The number of hydrogen-bond acceptors (Lipinski definition) is 3. The summed E-state index contributed by atoms with van der Waals surface area (Å²) in [6.45, 7) is 3.18. The van der Waals surface area contributed by atoms with Gasteiger partial charge in [-0.3, -0.25) is 4.79 Å². The van der Waals surface area contributed by atoms with Gasteiger partial charge in [-0.15, -0.1) is 0 Å². The Morgan fingerprint density at radius 1 is 1.23 bits per heavy atom. The molecular formula is C21H20N2O3. The molecule has 26 heavy (non-hydrogen) atoms. The molecule has 2 N–H and O–H groups in total. The van der Waals surface area contributed by atoms with Crippen LogP contribution < -0.4 is 14.8 Å². The average Bonchev–Trinajstić information content (AvgIpc) is 3.09. The molecule has 0 bridgehead atoms. The lowest BCUT2D eigenvalue weighted by Gasteiger charge is -2.20. The lowest BCUT2D eigenvalue weighted by atomic mass is 10.1. The van der Waals surface area contributed by atoms with Gasteiger partial charge in [-0.2, -0.15) is 0 Å². The molecule has 1 aliphatic heterocycles. The number of amides is 1. The Morgan fingerprint density at radius 2 is 2.12 bits per heavy atom. The van der Waals surface area contributed by atoms with Gasteiger partial charge in [-0.1, -0.05) is 30.3 Å². The molecule has 0 saturated carbocycles. The van der Waals surface area contributed by atoms with E-state index in [1.807, 2.05) is 61.5 Å². The second-order valence-corrected chi connectivity index (χ2v) is 6.13. The first kappa shape index (κ1) is 16.3. The van der Waals surface area contributed by atoms with Gasteiger partial charge >= 0.3 is 0 Å². The van der Waals surface area contributed by atoms with Crippen LogP contribution in [-0.2, 0) is 11.3 Å². The van der Waals surface area contributed by atoms with E-state index in [9.17, 15) is 4.79 Å². The molecule has 5 heteroatoms. The highest BCUT2D eigenvalue weighted by Crippen LogP contribution is 2.35. The first-order valence-corrected chi connectivity index (χ1v) is 8.68. The summed E-state index contributed by atoms with van der Waals surface area (Å²) in [5, 5.41) is 4.08. The molecule has 3 aromatic rings. The van der Waals surface area contributed by atoms with Crippen LogP contribution in [-0.4, -0.2) is 24.1 Å². The van der Waals surface area contributed by atoms with Crippen molar-refractivity contribution in [3.8, 4) is 11.5 Å². The molecule has 1 aliphatic rings.